The van der Waals surface area contributed by atoms with E-state index in [1.165, 1.54) is 11.3 Å². The Morgan fingerprint density at radius 2 is 1.67 bits per heavy atom. The van der Waals surface area contributed by atoms with Gasteiger partial charge in [-0.15, -0.1) is 11.3 Å². The van der Waals surface area contributed by atoms with E-state index in [0.29, 0.717) is 5.56 Å². The Hall–Kier alpha value is -3.44. The summed E-state index contributed by atoms with van der Waals surface area (Å²) in [5, 5.41) is 11.6. The molecule has 4 rings (SSSR count). The first-order chi connectivity index (χ1) is 13.1. The zero-order valence-corrected chi connectivity index (χ0v) is 15.2. The predicted octanol–water partition coefficient (Wildman–Crippen LogP) is 5.10. The summed E-state index contributed by atoms with van der Waals surface area (Å²) in [6.07, 6.45) is 0. The second-order valence-corrected chi connectivity index (χ2v) is 7.23. The van der Waals surface area contributed by atoms with Crippen LogP contribution in [0.5, 0.6) is 0 Å². The van der Waals surface area contributed by atoms with Gasteiger partial charge in [-0.2, -0.15) is 0 Å². The number of hydrogen-bond acceptors (Lipinski definition) is 3. The normalized spacial score (nSPS) is 10.7. The van der Waals surface area contributed by atoms with Gasteiger partial charge < -0.3 is 11.1 Å². The number of thiophene rings is 1. The van der Waals surface area contributed by atoms with E-state index in [1.54, 1.807) is 0 Å². The molecule has 0 saturated carbocycles. The van der Waals surface area contributed by atoms with Crippen molar-refractivity contribution in [1.29, 1.82) is 5.41 Å². The quantitative estimate of drug-likeness (QED) is 0.344. The minimum atomic E-state index is -0.147. The van der Waals surface area contributed by atoms with E-state index in [9.17, 15) is 4.79 Å². The minimum absolute atomic E-state index is 0.0698. The van der Waals surface area contributed by atoms with Gasteiger partial charge in [0, 0.05) is 16.0 Å². The maximum Gasteiger partial charge on any atom is 0.256 e. The molecule has 27 heavy (non-hydrogen) atoms. The average molecular weight is 371 g/mol. The first-order valence-electron chi connectivity index (χ1n) is 8.45. The molecule has 4 N–H and O–H groups in total. The summed E-state index contributed by atoms with van der Waals surface area (Å²) in [4.78, 5) is 13.6. The average Bonchev–Trinajstić information content (AvgIpc) is 3.12. The summed E-state index contributed by atoms with van der Waals surface area (Å²) in [5.41, 5.74) is 8.80. The first-order valence-corrected chi connectivity index (χ1v) is 9.27. The third kappa shape index (κ3) is 3.45. The Balaban J connectivity index is 1.73. The lowest BCUT2D eigenvalue weighted by molar-refractivity contribution is 0.102. The molecule has 1 heterocycles. The van der Waals surface area contributed by atoms with Crippen LogP contribution in [-0.4, -0.2) is 11.7 Å². The summed E-state index contributed by atoms with van der Waals surface area (Å²) in [5.74, 6) is -0.0768. The summed E-state index contributed by atoms with van der Waals surface area (Å²) in [6.45, 7) is 0. The third-order valence-corrected chi connectivity index (χ3v) is 5.45. The maximum atomic E-state index is 12.8. The molecule has 0 radical (unpaired) electrons. The molecule has 0 bridgehead atoms. The second kappa shape index (κ2) is 7.05. The molecule has 0 aliphatic heterocycles. The van der Waals surface area contributed by atoms with Gasteiger partial charge in [0.2, 0.25) is 0 Å². The smallest absolute Gasteiger partial charge is 0.256 e. The van der Waals surface area contributed by atoms with Crippen molar-refractivity contribution in [1.82, 2.24) is 0 Å². The van der Waals surface area contributed by atoms with E-state index in [4.69, 9.17) is 11.1 Å². The van der Waals surface area contributed by atoms with Crippen LogP contribution in [0, 0.1) is 5.41 Å². The third-order valence-electron chi connectivity index (χ3n) is 4.30. The number of hydrogen-bond donors (Lipinski definition) is 3. The molecule has 0 saturated heterocycles. The van der Waals surface area contributed by atoms with Gasteiger partial charge in [-0.05, 0) is 52.9 Å². The van der Waals surface area contributed by atoms with Crippen LogP contribution in [0.3, 0.4) is 0 Å². The van der Waals surface area contributed by atoms with Crippen molar-refractivity contribution in [2.24, 2.45) is 5.73 Å². The number of fused-ring (bicyclic) bond motifs is 1. The summed E-state index contributed by atoms with van der Waals surface area (Å²) in [6, 6.07) is 24.9. The van der Waals surface area contributed by atoms with Crippen LogP contribution in [0.4, 0.5) is 5.69 Å². The number of rotatable bonds is 4. The number of nitrogens with one attached hydrogen (secondary N) is 2. The standard InChI is InChI=1S/C22H17N3OS/c23-21(24)20-13-15-12-14(10-11-19(15)27-20)17-8-4-5-9-18(17)22(26)25-16-6-2-1-3-7-16/h1-13H,(H3,23,24)(H,25,26). The van der Waals surface area contributed by atoms with E-state index < -0.39 is 0 Å². The monoisotopic (exact) mass is 371 g/mol. The number of nitrogen functional groups attached to an aromatic ring is 1. The highest BCUT2D eigenvalue weighted by Gasteiger charge is 2.14. The number of amidine groups is 1. The van der Waals surface area contributed by atoms with Crippen LogP contribution in [0.1, 0.15) is 15.2 Å². The fourth-order valence-corrected chi connectivity index (χ4v) is 3.90. The van der Waals surface area contributed by atoms with Crippen LogP contribution < -0.4 is 11.1 Å². The van der Waals surface area contributed by atoms with Gasteiger partial charge in [-0.25, -0.2) is 0 Å². The first kappa shape index (κ1) is 17.0. The van der Waals surface area contributed by atoms with Crippen molar-refractivity contribution in [3.63, 3.8) is 0 Å². The van der Waals surface area contributed by atoms with Crippen molar-refractivity contribution in [3.8, 4) is 11.1 Å². The van der Waals surface area contributed by atoms with Crippen LogP contribution in [-0.2, 0) is 0 Å². The molecule has 0 unspecified atom stereocenters. The molecule has 0 atom stereocenters. The maximum absolute atomic E-state index is 12.8. The number of benzene rings is 3. The Labute approximate surface area is 160 Å². The SMILES string of the molecule is N=C(N)c1cc2cc(-c3ccccc3C(=O)Nc3ccccc3)ccc2s1. The van der Waals surface area contributed by atoms with E-state index in [0.717, 1.165) is 31.8 Å². The summed E-state index contributed by atoms with van der Waals surface area (Å²) >= 11 is 1.49. The van der Waals surface area contributed by atoms with Crippen LogP contribution in [0.25, 0.3) is 21.2 Å². The molecular formula is C22H17N3OS. The number of anilines is 1. The molecule has 4 aromatic rings. The molecule has 3 aromatic carbocycles. The number of carbonyl (C=O) groups excluding carboxylic acids is 1. The highest BCUT2D eigenvalue weighted by molar-refractivity contribution is 7.20. The summed E-state index contributed by atoms with van der Waals surface area (Å²) in [7, 11) is 0. The van der Waals surface area contributed by atoms with Crippen molar-refractivity contribution < 1.29 is 4.79 Å². The van der Waals surface area contributed by atoms with Gasteiger partial charge in [-0.3, -0.25) is 10.2 Å². The highest BCUT2D eigenvalue weighted by Crippen LogP contribution is 2.32. The zero-order valence-electron chi connectivity index (χ0n) is 14.4. The molecule has 1 aromatic heterocycles. The molecule has 0 spiro atoms. The van der Waals surface area contributed by atoms with Crippen molar-refractivity contribution in [3.05, 3.63) is 89.3 Å². The predicted molar refractivity (Wildman–Crippen MR) is 113 cm³/mol. The number of amides is 1. The van der Waals surface area contributed by atoms with Crippen molar-refractivity contribution in [2.75, 3.05) is 5.32 Å². The molecular weight excluding hydrogens is 354 g/mol. The lowest BCUT2D eigenvalue weighted by Gasteiger charge is -2.10. The molecule has 132 valence electrons. The lowest BCUT2D eigenvalue weighted by Crippen LogP contribution is -2.12. The van der Waals surface area contributed by atoms with E-state index in [2.05, 4.69) is 5.32 Å². The van der Waals surface area contributed by atoms with Crippen molar-refractivity contribution >= 4 is 38.9 Å². The van der Waals surface area contributed by atoms with Crippen LogP contribution in [0.15, 0.2) is 78.9 Å². The van der Waals surface area contributed by atoms with E-state index in [-0.39, 0.29) is 11.7 Å². The van der Waals surface area contributed by atoms with Gasteiger partial charge in [-0.1, -0.05) is 42.5 Å². The zero-order chi connectivity index (χ0) is 18.8. The van der Waals surface area contributed by atoms with Crippen LogP contribution in [0.2, 0.25) is 0 Å². The fourth-order valence-electron chi connectivity index (χ4n) is 3.00. The molecule has 0 fully saturated rings. The fraction of sp³-hybridized carbons (Fsp3) is 0. The summed E-state index contributed by atoms with van der Waals surface area (Å²) < 4.78 is 1.06. The Bertz CT molecular complexity index is 1150. The van der Waals surface area contributed by atoms with Gasteiger partial charge in [0.25, 0.3) is 5.91 Å². The van der Waals surface area contributed by atoms with E-state index >= 15 is 0 Å². The number of carbonyl (C=O) groups is 1. The largest absolute Gasteiger partial charge is 0.383 e. The minimum Gasteiger partial charge on any atom is -0.383 e. The number of nitrogens with two attached hydrogens (primary N) is 1. The van der Waals surface area contributed by atoms with E-state index in [1.807, 2.05) is 78.9 Å². The lowest BCUT2D eigenvalue weighted by atomic mass is 9.98. The molecule has 0 aliphatic rings. The van der Waals surface area contributed by atoms with Gasteiger partial charge in [0.05, 0.1) is 4.88 Å². The molecule has 0 aliphatic carbocycles. The number of para-hydroxylation sites is 1. The Morgan fingerprint density at radius 1 is 0.926 bits per heavy atom. The Kier molecular flexibility index (Phi) is 4.44. The highest BCUT2D eigenvalue weighted by atomic mass is 32.1. The van der Waals surface area contributed by atoms with Gasteiger partial charge in [0.1, 0.15) is 5.84 Å². The second-order valence-electron chi connectivity index (χ2n) is 6.14. The van der Waals surface area contributed by atoms with Gasteiger partial charge >= 0.3 is 0 Å². The topological polar surface area (TPSA) is 79.0 Å². The molecule has 1 amide bonds. The van der Waals surface area contributed by atoms with Gasteiger partial charge in [0.15, 0.2) is 0 Å². The van der Waals surface area contributed by atoms with Crippen LogP contribution >= 0.6 is 11.3 Å². The van der Waals surface area contributed by atoms with Crippen molar-refractivity contribution in [2.45, 2.75) is 0 Å². The molecule has 5 heteroatoms. The molecule has 4 nitrogen and oxygen atoms in total. The Morgan fingerprint density at radius 3 is 2.44 bits per heavy atom.